The molecule has 5 nitrogen and oxygen atoms in total. The first-order chi connectivity index (χ1) is 11.7. The molecular weight excluding hydrogens is 304 g/mol. The summed E-state index contributed by atoms with van der Waals surface area (Å²) in [6.07, 6.45) is 4.68. The summed E-state index contributed by atoms with van der Waals surface area (Å²) in [5, 5.41) is 2.85. The lowest BCUT2D eigenvalue weighted by molar-refractivity contribution is -0.111. The average molecular weight is 326 g/mol. The number of morpholine rings is 1. The van der Waals surface area contributed by atoms with Crippen molar-refractivity contribution in [3.63, 3.8) is 0 Å². The minimum atomic E-state index is -0.180. The largest absolute Gasteiger partial charge is 0.465 e. The topological polar surface area (TPSA) is 54.7 Å². The lowest BCUT2D eigenvalue weighted by Gasteiger charge is -2.32. The van der Waals surface area contributed by atoms with Crippen molar-refractivity contribution in [2.75, 3.05) is 31.6 Å². The van der Waals surface area contributed by atoms with Crippen LogP contribution in [0.2, 0.25) is 0 Å². The second kappa shape index (κ2) is 7.95. The summed E-state index contributed by atoms with van der Waals surface area (Å²) in [6.45, 7) is 5.69. The molecule has 3 rings (SSSR count). The van der Waals surface area contributed by atoms with Crippen molar-refractivity contribution in [1.82, 2.24) is 4.90 Å². The fourth-order valence-corrected chi connectivity index (χ4v) is 2.75. The van der Waals surface area contributed by atoms with E-state index in [-0.39, 0.29) is 5.91 Å². The fourth-order valence-electron chi connectivity index (χ4n) is 2.75. The van der Waals surface area contributed by atoms with Crippen molar-refractivity contribution in [3.8, 4) is 0 Å². The Balaban J connectivity index is 1.56. The van der Waals surface area contributed by atoms with Crippen LogP contribution in [0.25, 0.3) is 6.08 Å². The zero-order chi connectivity index (χ0) is 16.8. The summed E-state index contributed by atoms with van der Waals surface area (Å²) in [5.74, 6) is 0.472. The molecule has 1 amide bonds. The van der Waals surface area contributed by atoms with Gasteiger partial charge in [-0.15, -0.1) is 0 Å². The molecule has 1 aliphatic heterocycles. The Kier molecular flexibility index (Phi) is 5.46. The number of amides is 1. The summed E-state index contributed by atoms with van der Waals surface area (Å²) in [7, 11) is 0. The number of rotatable bonds is 5. The molecule has 0 bridgehead atoms. The normalized spacial score (nSPS) is 17.0. The molecule has 2 heterocycles. The van der Waals surface area contributed by atoms with Gasteiger partial charge in [0.25, 0.3) is 0 Å². The number of benzene rings is 1. The molecule has 1 N–H and O–H groups in total. The first-order valence-electron chi connectivity index (χ1n) is 8.17. The van der Waals surface area contributed by atoms with Gasteiger partial charge in [0.2, 0.25) is 5.91 Å². The van der Waals surface area contributed by atoms with Crippen LogP contribution in [-0.2, 0) is 9.53 Å². The zero-order valence-corrected chi connectivity index (χ0v) is 13.8. The number of anilines is 1. The quantitative estimate of drug-likeness (QED) is 0.856. The lowest BCUT2D eigenvalue weighted by Crippen LogP contribution is -2.37. The Morgan fingerprint density at radius 3 is 2.62 bits per heavy atom. The van der Waals surface area contributed by atoms with Gasteiger partial charge in [-0.25, -0.2) is 0 Å². The predicted molar refractivity (Wildman–Crippen MR) is 93.6 cm³/mol. The molecule has 1 aromatic carbocycles. The average Bonchev–Trinajstić information content (AvgIpc) is 3.14. The first kappa shape index (κ1) is 16.5. The Labute approximate surface area is 141 Å². The second-order valence-electron chi connectivity index (χ2n) is 5.78. The van der Waals surface area contributed by atoms with Crippen LogP contribution in [0.15, 0.2) is 53.2 Å². The van der Waals surface area contributed by atoms with Gasteiger partial charge >= 0.3 is 0 Å². The van der Waals surface area contributed by atoms with E-state index in [0.717, 1.165) is 32.0 Å². The van der Waals surface area contributed by atoms with E-state index in [1.165, 1.54) is 11.6 Å². The lowest BCUT2D eigenvalue weighted by atomic mass is 10.1. The molecular formula is C19H22N2O3. The molecule has 2 aromatic rings. The van der Waals surface area contributed by atoms with Gasteiger partial charge in [-0.1, -0.05) is 12.1 Å². The number of furan rings is 1. The highest BCUT2D eigenvalue weighted by Gasteiger charge is 2.18. The van der Waals surface area contributed by atoms with Gasteiger partial charge in [0.1, 0.15) is 5.76 Å². The number of nitrogens with zero attached hydrogens (tertiary/aromatic N) is 1. The predicted octanol–water partition coefficient (Wildman–Crippen LogP) is 3.32. The third kappa shape index (κ3) is 4.34. The molecule has 1 fully saturated rings. The highest BCUT2D eigenvalue weighted by molar-refractivity contribution is 6.01. The van der Waals surface area contributed by atoms with Crippen molar-refractivity contribution < 1.29 is 13.9 Å². The number of hydrogen-bond donors (Lipinski definition) is 1. The number of ether oxygens (including phenoxy) is 1. The minimum Gasteiger partial charge on any atom is -0.465 e. The number of carbonyl (C=O) groups excluding carboxylic acids is 1. The van der Waals surface area contributed by atoms with E-state index in [1.807, 2.05) is 12.1 Å². The summed E-state index contributed by atoms with van der Waals surface area (Å²) in [6, 6.07) is 11.9. The SMILES string of the molecule is CC(c1ccc(NC(=O)/C=C/c2ccco2)cc1)N1CCOCC1. The van der Waals surface area contributed by atoms with Crippen LogP contribution in [0.1, 0.15) is 24.3 Å². The highest BCUT2D eigenvalue weighted by atomic mass is 16.5. The molecule has 126 valence electrons. The molecule has 1 aromatic heterocycles. The first-order valence-corrected chi connectivity index (χ1v) is 8.17. The Morgan fingerprint density at radius 1 is 1.21 bits per heavy atom. The Bertz CT molecular complexity index is 671. The number of nitrogens with one attached hydrogen (secondary N) is 1. The molecule has 5 heteroatoms. The van der Waals surface area contributed by atoms with Gasteiger partial charge in [-0.3, -0.25) is 9.69 Å². The molecule has 1 saturated heterocycles. The van der Waals surface area contributed by atoms with Crippen LogP contribution in [0.3, 0.4) is 0 Å². The van der Waals surface area contributed by atoms with Gasteiger partial charge in [-0.05, 0) is 42.8 Å². The maximum absolute atomic E-state index is 11.9. The van der Waals surface area contributed by atoms with Crippen molar-refractivity contribution in [2.45, 2.75) is 13.0 Å². The number of hydrogen-bond acceptors (Lipinski definition) is 4. The molecule has 0 saturated carbocycles. The van der Waals surface area contributed by atoms with Crippen LogP contribution in [0.5, 0.6) is 0 Å². The smallest absolute Gasteiger partial charge is 0.248 e. The van der Waals surface area contributed by atoms with Gasteiger partial charge in [0, 0.05) is 30.9 Å². The van der Waals surface area contributed by atoms with E-state index in [4.69, 9.17) is 9.15 Å². The van der Waals surface area contributed by atoms with E-state index < -0.39 is 0 Å². The van der Waals surface area contributed by atoms with Crippen LogP contribution in [0.4, 0.5) is 5.69 Å². The minimum absolute atomic E-state index is 0.180. The van der Waals surface area contributed by atoms with Crippen LogP contribution in [-0.4, -0.2) is 37.1 Å². The van der Waals surface area contributed by atoms with E-state index in [9.17, 15) is 4.79 Å². The zero-order valence-electron chi connectivity index (χ0n) is 13.8. The molecule has 1 atom stereocenters. The van der Waals surface area contributed by atoms with Crippen LogP contribution >= 0.6 is 0 Å². The molecule has 0 spiro atoms. The molecule has 1 unspecified atom stereocenters. The number of carbonyl (C=O) groups is 1. The van der Waals surface area contributed by atoms with E-state index in [2.05, 4.69) is 29.3 Å². The van der Waals surface area contributed by atoms with Crippen LogP contribution < -0.4 is 5.32 Å². The van der Waals surface area contributed by atoms with Crippen molar-refractivity contribution in [1.29, 1.82) is 0 Å². The monoisotopic (exact) mass is 326 g/mol. The Hall–Kier alpha value is -2.37. The van der Waals surface area contributed by atoms with Gasteiger partial charge in [-0.2, -0.15) is 0 Å². The maximum Gasteiger partial charge on any atom is 0.248 e. The summed E-state index contributed by atoms with van der Waals surface area (Å²) < 4.78 is 10.5. The van der Waals surface area contributed by atoms with Crippen molar-refractivity contribution in [3.05, 3.63) is 60.1 Å². The third-order valence-electron chi connectivity index (χ3n) is 4.20. The third-order valence-corrected chi connectivity index (χ3v) is 4.20. The van der Waals surface area contributed by atoms with Gasteiger partial charge < -0.3 is 14.5 Å². The summed E-state index contributed by atoms with van der Waals surface area (Å²) >= 11 is 0. The van der Waals surface area contributed by atoms with Gasteiger partial charge in [0.05, 0.1) is 19.5 Å². The maximum atomic E-state index is 11.9. The summed E-state index contributed by atoms with van der Waals surface area (Å²) in [4.78, 5) is 14.3. The molecule has 0 radical (unpaired) electrons. The summed E-state index contributed by atoms with van der Waals surface area (Å²) in [5.41, 5.74) is 2.02. The van der Waals surface area contributed by atoms with Crippen molar-refractivity contribution in [2.24, 2.45) is 0 Å². The fraction of sp³-hybridized carbons (Fsp3) is 0.316. The van der Waals surface area contributed by atoms with E-state index in [0.29, 0.717) is 11.8 Å². The Morgan fingerprint density at radius 2 is 1.96 bits per heavy atom. The van der Waals surface area contributed by atoms with E-state index in [1.54, 1.807) is 24.5 Å². The molecule has 1 aliphatic rings. The molecule has 0 aliphatic carbocycles. The van der Waals surface area contributed by atoms with Crippen LogP contribution in [0, 0.1) is 0 Å². The highest BCUT2D eigenvalue weighted by Crippen LogP contribution is 2.22. The van der Waals surface area contributed by atoms with E-state index >= 15 is 0 Å². The second-order valence-corrected chi connectivity index (χ2v) is 5.78. The van der Waals surface area contributed by atoms with Crippen molar-refractivity contribution >= 4 is 17.7 Å². The van der Waals surface area contributed by atoms with Gasteiger partial charge in [0.15, 0.2) is 0 Å². The standard InChI is InChI=1S/C19H22N2O3/c1-15(21-10-13-23-14-11-21)16-4-6-17(7-5-16)20-19(22)9-8-18-3-2-12-24-18/h2-9,12,15H,10-11,13-14H2,1H3,(H,20,22)/b9-8+. The molecule has 24 heavy (non-hydrogen) atoms.